The number of rotatable bonds is 3. The molecule has 2 heterocycles. The van der Waals surface area contributed by atoms with Gasteiger partial charge >= 0.3 is 0 Å². The molecule has 1 aromatic carbocycles. The lowest BCUT2D eigenvalue weighted by molar-refractivity contribution is 0.174. The van der Waals surface area contributed by atoms with Gasteiger partial charge in [-0.25, -0.2) is 9.98 Å². The van der Waals surface area contributed by atoms with Gasteiger partial charge in [-0.15, -0.1) is 0 Å². The predicted octanol–water partition coefficient (Wildman–Crippen LogP) is 0.859. The van der Waals surface area contributed by atoms with Gasteiger partial charge in [-0.3, -0.25) is 5.32 Å². The zero-order valence-corrected chi connectivity index (χ0v) is 13.7. The summed E-state index contributed by atoms with van der Waals surface area (Å²) in [5.41, 5.74) is 1.19. The summed E-state index contributed by atoms with van der Waals surface area (Å²) in [5, 5.41) is 9.58. The Bertz CT molecular complexity index is 629. The van der Waals surface area contributed by atoms with Crippen molar-refractivity contribution in [1.82, 2.24) is 16.0 Å². The van der Waals surface area contributed by atoms with E-state index in [4.69, 9.17) is 9.47 Å². The van der Waals surface area contributed by atoms with E-state index in [1.807, 2.05) is 19.2 Å². The van der Waals surface area contributed by atoms with Crippen LogP contribution in [0.1, 0.15) is 19.4 Å². The molecule has 124 valence electrons. The van der Waals surface area contributed by atoms with Crippen molar-refractivity contribution in [3.8, 4) is 11.5 Å². The lowest BCUT2D eigenvalue weighted by Gasteiger charge is -2.12. The van der Waals surface area contributed by atoms with Gasteiger partial charge < -0.3 is 20.1 Å². The lowest BCUT2D eigenvalue weighted by Crippen LogP contribution is -2.45. The van der Waals surface area contributed by atoms with Crippen molar-refractivity contribution >= 4 is 11.9 Å². The standard InChI is InChI=1S/C16H23N5O2/c1-10-11(2)20-16(21-15(17-3)19-10)18-7-6-12-4-5-13-14(8-12)23-9-22-13/h4-5,8,10-11H,6-7,9H2,1-3H3,(H3,17,18,19,20,21). The van der Waals surface area contributed by atoms with Crippen LogP contribution in [-0.2, 0) is 6.42 Å². The second-order valence-corrected chi connectivity index (χ2v) is 5.68. The van der Waals surface area contributed by atoms with Crippen molar-refractivity contribution in [3.63, 3.8) is 0 Å². The van der Waals surface area contributed by atoms with Crippen LogP contribution in [0, 0.1) is 0 Å². The Labute approximate surface area is 136 Å². The first-order valence-corrected chi connectivity index (χ1v) is 7.88. The third-order valence-electron chi connectivity index (χ3n) is 3.98. The van der Waals surface area contributed by atoms with Gasteiger partial charge in [-0.2, -0.15) is 0 Å². The zero-order valence-electron chi connectivity index (χ0n) is 13.7. The molecule has 0 saturated carbocycles. The molecule has 0 aromatic heterocycles. The number of benzene rings is 1. The van der Waals surface area contributed by atoms with Crippen LogP contribution in [0.15, 0.2) is 28.2 Å². The fraction of sp³-hybridized carbons (Fsp3) is 0.500. The van der Waals surface area contributed by atoms with E-state index in [-0.39, 0.29) is 12.1 Å². The van der Waals surface area contributed by atoms with Crippen LogP contribution in [0.2, 0.25) is 0 Å². The molecule has 0 saturated heterocycles. The number of aliphatic imine (C=N–C) groups is 2. The fourth-order valence-corrected chi connectivity index (χ4v) is 2.44. The maximum absolute atomic E-state index is 5.40. The maximum Gasteiger partial charge on any atom is 0.231 e. The molecule has 0 aliphatic carbocycles. The highest BCUT2D eigenvalue weighted by Gasteiger charge is 2.17. The Balaban J connectivity index is 1.57. The lowest BCUT2D eigenvalue weighted by atomic mass is 10.1. The van der Waals surface area contributed by atoms with Crippen molar-refractivity contribution in [3.05, 3.63) is 23.8 Å². The summed E-state index contributed by atoms with van der Waals surface area (Å²) in [5.74, 6) is 3.11. The molecular weight excluding hydrogens is 294 g/mol. The van der Waals surface area contributed by atoms with E-state index in [2.05, 4.69) is 45.8 Å². The van der Waals surface area contributed by atoms with Gasteiger partial charge in [0.15, 0.2) is 23.4 Å². The van der Waals surface area contributed by atoms with Crippen LogP contribution in [0.5, 0.6) is 11.5 Å². The van der Waals surface area contributed by atoms with Crippen molar-refractivity contribution in [2.45, 2.75) is 32.4 Å². The Kier molecular flexibility index (Phi) is 4.55. The van der Waals surface area contributed by atoms with Crippen LogP contribution in [0.4, 0.5) is 0 Å². The molecular formula is C16H23N5O2. The number of nitrogens with one attached hydrogen (secondary N) is 3. The first-order chi connectivity index (χ1) is 11.2. The molecule has 2 aliphatic rings. The smallest absolute Gasteiger partial charge is 0.231 e. The minimum Gasteiger partial charge on any atom is -0.454 e. The number of hydrogen-bond acceptors (Lipinski definition) is 7. The van der Waals surface area contributed by atoms with Crippen LogP contribution in [0.25, 0.3) is 0 Å². The number of fused-ring (bicyclic) bond motifs is 1. The topological polar surface area (TPSA) is 79.3 Å². The molecule has 7 heteroatoms. The molecule has 0 radical (unpaired) electrons. The molecule has 0 bridgehead atoms. The number of nitrogens with zero attached hydrogens (tertiary/aromatic N) is 2. The molecule has 3 N–H and O–H groups in total. The van der Waals surface area contributed by atoms with E-state index in [1.165, 1.54) is 5.56 Å². The number of hydrogen-bond donors (Lipinski definition) is 3. The van der Waals surface area contributed by atoms with Gasteiger partial charge in [0.1, 0.15) is 0 Å². The van der Waals surface area contributed by atoms with Crippen LogP contribution in [-0.4, -0.2) is 44.4 Å². The first-order valence-electron chi connectivity index (χ1n) is 7.88. The van der Waals surface area contributed by atoms with Crippen LogP contribution >= 0.6 is 0 Å². The number of ether oxygens (including phenoxy) is 2. The average molecular weight is 317 g/mol. The molecule has 2 unspecified atom stereocenters. The minimum atomic E-state index is 0.126. The average Bonchev–Trinajstić information content (AvgIpc) is 2.96. The van der Waals surface area contributed by atoms with Gasteiger partial charge in [0.05, 0.1) is 12.1 Å². The number of guanidine groups is 2. The summed E-state index contributed by atoms with van der Waals surface area (Å²) in [6.07, 6.45) is 0.868. The second kappa shape index (κ2) is 6.76. The Morgan fingerprint density at radius 1 is 1.13 bits per heavy atom. The first kappa shape index (κ1) is 15.5. The van der Waals surface area contributed by atoms with E-state index >= 15 is 0 Å². The van der Waals surface area contributed by atoms with Gasteiger partial charge in [0.2, 0.25) is 6.79 Å². The fourth-order valence-electron chi connectivity index (χ4n) is 2.44. The normalized spacial score (nSPS) is 22.6. The predicted molar refractivity (Wildman–Crippen MR) is 90.3 cm³/mol. The molecule has 7 nitrogen and oxygen atoms in total. The van der Waals surface area contributed by atoms with Crippen LogP contribution < -0.4 is 25.4 Å². The highest BCUT2D eigenvalue weighted by molar-refractivity contribution is 5.99. The maximum atomic E-state index is 5.40. The van der Waals surface area contributed by atoms with Gasteiger partial charge in [-0.1, -0.05) is 6.07 Å². The zero-order chi connectivity index (χ0) is 16.2. The highest BCUT2D eigenvalue weighted by Crippen LogP contribution is 2.32. The van der Waals surface area contributed by atoms with E-state index in [1.54, 1.807) is 0 Å². The molecule has 2 aliphatic heterocycles. The van der Waals surface area contributed by atoms with E-state index in [0.717, 1.165) is 36.4 Å². The quantitative estimate of drug-likeness (QED) is 0.770. The highest BCUT2D eigenvalue weighted by atomic mass is 16.7. The summed E-state index contributed by atoms with van der Waals surface area (Å²) >= 11 is 0. The summed E-state index contributed by atoms with van der Waals surface area (Å²) in [4.78, 5) is 9.18. The van der Waals surface area contributed by atoms with Crippen molar-refractivity contribution in [2.75, 3.05) is 20.4 Å². The monoisotopic (exact) mass is 317 g/mol. The molecule has 0 spiro atoms. The summed E-state index contributed by atoms with van der Waals surface area (Å²) in [7, 11) is 1.85. The largest absolute Gasteiger partial charge is 0.454 e. The van der Waals surface area contributed by atoms with Gasteiger partial charge in [0, 0.05) is 13.6 Å². The third-order valence-corrected chi connectivity index (χ3v) is 3.98. The molecule has 1 aromatic rings. The summed E-state index contributed by atoms with van der Waals surface area (Å²) < 4.78 is 10.7. The van der Waals surface area contributed by atoms with E-state index in [0.29, 0.717) is 6.79 Å². The Morgan fingerprint density at radius 2 is 1.87 bits per heavy atom. The second-order valence-electron chi connectivity index (χ2n) is 5.68. The van der Waals surface area contributed by atoms with Crippen molar-refractivity contribution in [1.29, 1.82) is 0 Å². The summed E-state index contributed by atoms with van der Waals surface area (Å²) in [6.45, 7) is 5.19. The molecule has 23 heavy (non-hydrogen) atoms. The van der Waals surface area contributed by atoms with Crippen LogP contribution in [0.3, 0.4) is 0 Å². The van der Waals surface area contributed by atoms with Crippen molar-refractivity contribution in [2.24, 2.45) is 9.98 Å². The van der Waals surface area contributed by atoms with E-state index < -0.39 is 0 Å². The SMILES string of the molecule is CNC1=NC(C)C(C)N=C(NCCc2ccc3c(c2)OCO3)N1. The van der Waals surface area contributed by atoms with Gasteiger partial charge in [-0.05, 0) is 38.0 Å². The molecule has 0 fully saturated rings. The van der Waals surface area contributed by atoms with E-state index in [9.17, 15) is 0 Å². The third kappa shape index (κ3) is 3.67. The van der Waals surface area contributed by atoms with Gasteiger partial charge in [0.25, 0.3) is 0 Å². The molecule has 3 rings (SSSR count). The Morgan fingerprint density at radius 3 is 2.65 bits per heavy atom. The molecule has 2 atom stereocenters. The summed E-state index contributed by atoms with van der Waals surface area (Å²) in [6, 6.07) is 6.30. The van der Waals surface area contributed by atoms with Crippen molar-refractivity contribution < 1.29 is 9.47 Å². The molecule has 0 amide bonds. The minimum absolute atomic E-state index is 0.126. The Hall–Kier alpha value is -2.44.